The maximum atomic E-state index is 5.54. The summed E-state index contributed by atoms with van der Waals surface area (Å²) in [6.07, 6.45) is 3.51. The van der Waals surface area contributed by atoms with Crippen LogP contribution in [0.4, 0.5) is 11.5 Å². The zero-order valence-electron chi connectivity index (χ0n) is 13.1. The maximum Gasteiger partial charge on any atom is 0.173 e. The first-order chi connectivity index (χ1) is 11.8. The smallest absolute Gasteiger partial charge is 0.173 e. The van der Waals surface area contributed by atoms with Crippen molar-refractivity contribution in [1.82, 2.24) is 19.9 Å². The average Bonchev–Trinajstić information content (AvgIpc) is 3.11. The summed E-state index contributed by atoms with van der Waals surface area (Å²) in [7, 11) is 0. The van der Waals surface area contributed by atoms with Gasteiger partial charge in [0.15, 0.2) is 5.11 Å². The van der Waals surface area contributed by atoms with Crippen LogP contribution < -0.4 is 10.2 Å². The van der Waals surface area contributed by atoms with Crippen molar-refractivity contribution in [1.29, 1.82) is 0 Å². The van der Waals surface area contributed by atoms with Crippen molar-refractivity contribution in [2.45, 2.75) is 0 Å². The summed E-state index contributed by atoms with van der Waals surface area (Å²) in [5.41, 5.74) is 1.90. The highest BCUT2D eigenvalue weighted by atomic mass is 32.1. The molecule has 0 amide bonds. The first-order valence-electron chi connectivity index (χ1n) is 7.95. The van der Waals surface area contributed by atoms with Crippen molar-refractivity contribution in [3.63, 3.8) is 0 Å². The number of rotatable bonds is 2. The molecule has 0 radical (unpaired) electrons. The Morgan fingerprint density at radius 3 is 2.62 bits per heavy atom. The number of para-hydroxylation sites is 1. The molecule has 0 atom stereocenters. The summed E-state index contributed by atoms with van der Waals surface area (Å²) in [6.45, 7) is 3.50. The van der Waals surface area contributed by atoms with Gasteiger partial charge in [-0.25, -0.2) is 9.97 Å². The van der Waals surface area contributed by atoms with E-state index in [1.54, 1.807) is 6.33 Å². The predicted octanol–water partition coefficient (Wildman–Crippen LogP) is 2.48. The summed E-state index contributed by atoms with van der Waals surface area (Å²) in [5.74, 6) is 0.989. The molecule has 1 saturated heterocycles. The molecular weight excluding hydrogens is 320 g/mol. The van der Waals surface area contributed by atoms with Crippen LogP contribution in [-0.4, -0.2) is 51.1 Å². The van der Waals surface area contributed by atoms with Crippen LogP contribution in [0.1, 0.15) is 0 Å². The molecule has 1 aliphatic rings. The second kappa shape index (κ2) is 6.45. The minimum atomic E-state index is 0.773. The van der Waals surface area contributed by atoms with Crippen molar-refractivity contribution < 1.29 is 0 Å². The summed E-state index contributed by atoms with van der Waals surface area (Å²) in [6, 6.07) is 12.1. The van der Waals surface area contributed by atoms with Gasteiger partial charge in [0.05, 0.1) is 5.39 Å². The Morgan fingerprint density at radius 1 is 1.04 bits per heavy atom. The summed E-state index contributed by atoms with van der Waals surface area (Å²) in [5, 5.41) is 5.14. The molecule has 0 bridgehead atoms. The standard InChI is InChI=1S/C17H18N6S/c24-17(21-13-4-2-1-3-5-13)23-10-8-22(9-11-23)16-14-6-7-18-15(14)19-12-20-16/h1-7,12H,8-11H2,(H,21,24)(H,18,19,20). The van der Waals surface area contributed by atoms with Crippen molar-refractivity contribution in [2.24, 2.45) is 0 Å². The first-order valence-corrected chi connectivity index (χ1v) is 8.36. The number of anilines is 2. The van der Waals surface area contributed by atoms with Crippen molar-refractivity contribution in [3.05, 3.63) is 48.9 Å². The number of thiocarbonyl (C=S) groups is 1. The highest BCUT2D eigenvalue weighted by Gasteiger charge is 2.21. The van der Waals surface area contributed by atoms with Gasteiger partial charge in [0.2, 0.25) is 0 Å². The molecule has 2 N–H and O–H groups in total. The van der Waals surface area contributed by atoms with E-state index in [9.17, 15) is 0 Å². The number of hydrogen-bond acceptors (Lipinski definition) is 4. The topological polar surface area (TPSA) is 60.1 Å². The van der Waals surface area contributed by atoms with Crippen molar-refractivity contribution in [2.75, 3.05) is 36.4 Å². The molecule has 0 saturated carbocycles. The SMILES string of the molecule is S=C(Nc1ccccc1)N1CCN(c2ncnc3[nH]ccc23)CC1. The normalized spacial score (nSPS) is 14.8. The van der Waals surface area contributed by atoms with E-state index in [-0.39, 0.29) is 0 Å². The molecule has 2 aromatic heterocycles. The lowest BCUT2D eigenvalue weighted by Crippen LogP contribution is -2.50. The van der Waals surface area contributed by atoms with Gasteiger partial charge in [0.1, 0.15) is 17.8 Å². The van der Waals surface area contributed by atoms with Gasteiger partial charge in [-0.3, -0.25) is 0 Å². The number of aromatic amines is 1. The number of nitrogens with zero attached hydrogens (tertiary/aromatic N) is 4. The molecule has 1 aromatic carbocycles. The summed E-state index contributed by atoms with van der Waals surface area (Å²) in [4.78, 5) is 16.3. The third-order valence-electron chi connectivity index (χ3n) is 4.22. The second-order valence-electron chi connectivity index (χ2n) is 5.71. The van der Waals surface area contributed by atoms with E-state index in [0.29, 0.717) is 0 Å². The lowest BCUT2D eigenvalue weighted by Gasteiger charge is -2.37. The van der Waals surface area contributed by atoms with Crippen LogP contribution in [0.25, 0.3) is 11.0 Å². The number of hydrogen-bond donors (Lipinski definition) is 2. The number of aromatic nitrogens is 3. The molecule has 0 spiro atoms. The quantitative estimate of drug-likeness (QED) is 0.700. The van der Waals surface area contributed by atoms with Gasteiger partial charge < -0.3 is 20.1 Å². The molecule has 122 valence electrons. The minimum absolute atomic E-state index is 0.773. The fourth-order valence-corrected chi connectivity index (χ4v) is 3.26. The number of benzene rings is 1. The Morgan fingerprint density at radius 2 is 1.83 bits per heavy atom. The molecule has 1 aliphatic heterocycles. The van der Waals surface area contributed by atoms with Crippen LogP contribution in [0.3, 0.4) is 0 Å². The first kappa shape index (κ1) is 14.9. The Balaban J connectivity index is 1.41. The average molecular weight is 338 g/mol. The van der Waals surface area contributed by atoms with Crippen molar-refractivity contribution >= 4 is 39.9 Å². The van der Waals surface area contributed by atoms with E-state index in [4.69, 9.17) is 12.2 Å². The fourth-order valence-electron chi connectivity index (χ4n) is 2.96. The molecular formula is C17H18N6S. The van der Waals surface area contributed by atoms with Crippen LogP contribution in [0.15, 0.2) is 48.9 Å². The molecule has 1 fully saturated rings. The minimum Gasteiger partial charge on any atom is -0.352 e. The van der Waals surface area contributed by atoms with E-state index in [1.807, 2.05) is 42.6 Å². The van der Waals surface area contributed by atoms with E-state index in [2.05, 4.69) is 30.1 Å². The Kier molecular flexibility index (Phi) is 4.00. The van der Waals surface area contributed by atoms with Crippen molar-refractivity contribution in [3.8, 4) is 0 Å². The van der Waals surface area contributed by atoms with E-state index in [0.717, 1.165) is 53.8 Å². The lowest BCUT2D eigenvalue weighted by molar-refractivity contribution is 0.390. The van der Waals surface area contributed by atoms with Gasteiger partial charge in [-0.05, 0) is 30.4 Å². The van der Waals surface area contributed by atoms with Gasteiger partial charge >= 0.3 is 0 Å². The van der Waals surface area contributed by atoms with Crippen LogP contribution in [-0.2, 0) is 0 Å². The third-order valence-corrected chi connectivity index (χ3v) is 4.58. The molecule has 24 heavy (non-hydrogen) atoms. The summed E-state index contributed by atoms with van der Waals surface area (Å²) < 4.78 is 0. The zero-order chi connectivity index (χ0) is 16.4. The van der Waals surface area contributed by atoms with Crippen LogP contribution >= 0.6 is 12.2 Å². The largest absolute Gasteiger partial charge is 0.352 e. The number of nitrogens with one attached hydrogen (secondary N) is 2. The van der Waals surface area contributed by atoms with Crippen LogP contribution in [0, 0.1) is 0 Å². The number of H-pyrrole nitrogens is 1. The fraction of sp³-hybridized carbons (Fsp3) is 0.235. The second-order valence-corrected chi connectivity index (χ2v) is 6.09. The summed E-state index contributed by atoms with van der Waals surface area (Å²) >= 11 is 5.54. The van der Waals surface area contributed by atoms with Crippen LogP contribution in [0.2, 0.25) is 0 Å². The highest BCUT2D eigenvalue weighted by Crippen LogP contribution is 2.23. The number of piperazine rings is 1. The molecule has 3 heterocycles. The molecule has 4 rings (SSSR count). The lowest BCUT2D eigenvalue weighted by atomic mass is 10.3. The number of fused-ring (bicyclic) bond motifs is 1. The monoisotopic (exact) mass is 338 g/mol. The Bertz CT molecular complexity index is 838. The van der Waals surface area contributed by atoms with Crippen LogP contribution in [0.5, 0.6) is 0 Å². The Labute approximate surface area is 145 Å². The molecule has 7 heteroatoms. The highest BCUT2D eigenvalue weighted by molar-refractivity contribution is 7.80. The van der Waals surface area contributed by atoms with Gasteiger partial charge in [0.25, 0.3) is 0 Å². The molecule has 3 aromatic rings. The van der Waals surface area contributed by atoms with Gasteiger partial charge in [-0.1, -0.05) is 18.2 Å². The predicted molar refractivity (Wildman–Crippen MR) is 100 cm³/mol. The van der Waals surface area contributed by atoms with Gasteiger partial charge in [0, 0.05) is 38.1 Å². The zero-order valence-corrected chi connectivity index (χ0v) is 14.0. The third kappa shape index (κ3) is 2.90. The van der Waals surface area contributed by atoms with Gasteiger partial charge in [-0.15, -0.1) is 0 Å². The Hall–Kier alpha value is -2.67. The molecule has 0 unspecified atom stereocenters. The van der Waals surface area contributed by atoms with Gasteiger partial charge in [-0.2, -0.15) is 0 Å². The van der Waals surface area contributed by atoms with E-state index >= 15 is 0 Å². The molecule has 6 nitrogen and oxygen atoms in total. The molecule has 0 aliphatic carbocycles. The van der Waals surface area contributed by atoms with E-state index < -0.39 is 0 Å². The van der Waals surface area contributed by atoms with E-state index in [1.165, 1.54) is 0 Å². The maximum absolute atomic E-state index is 5.54.